The van der Waals surface area contributed by atoms with Crippen LogP contribution in [0.15, 0.2) is 77.8 Å². The van der Waals surface area contributed by atoms with Crippen LogP contribution in [0.4, 0.5) is 10.1 Å². The summed E-state index contributed by atoms with van der Waals surface area (Å²) in [6.07, 6.45) is 1.68. The summed E-state index contributed by atoms with van der Waals surface area (Å²) in [7, 11) is 0. The van der Waals surface area contributed by atoms with Crippen molar-refractivity contribution >= 4 is 45.5 Å². The van der Waals surface area contributed by atoms with Crippen molar-refractivity contribution in [3.05, 3.63) is 100 Å². The number of para-hydroxylation sites is 1. The molecule has 1 unspecified atom stereocenters. The first-order valence-electron chi connectivity index (χ1n) is 12.0. The van der Waals surface area contributed by atoms with Gasteiger partial charge in [-0.15, -0.1) is 0 Å². The Morgan fingerprint density at radius 1 is 1.08 bits per heavy atom. The second-order valence-electron chi connectivity index (χ2n) is 9.04. The van der Waals surface area contributed by atoms with Crippen LogP contribution in [0, 0.1) is 12.7 Å². The summed E-state index contributed by atoms with van der Waals surface area (Å²) >= 11 is 4.33. The van der Waals surface area contributed by atoms with E-state index >= 15 is 0 Å². The lowest BCUT2D eigenvalue weighted by molar-refractivity contribution is 0.0627. The van der Waals surface area contributed by atoms with E-state index < -0.39 is 11.4 Å². The van der Waals surface area contributed by atoms with Crippen molar-refractivity contribution in [3.63, 3.8) is 0 Å². The van der Waals surface area contributed by atoms with Crippen LogP contribution < -0.4 is 4.72 Å². The van der Waals surface area contributed by atoms with Crippen molar-refractivity contribution in [1.82, 2.24) is 14.8 Å². The van der Waals surface area contributed by atoms with Crippen molar-refractivity contribution in [1.29, 1.82) is 0 Å². The average Bonchev–Trinajstić information content (AvgIpc) is 2.91. The van der Waals surface area contributed by atoms with Crippen molar-refractivity contribution < 1.29 is 13.7 Å². The molecular weight excluding hydrogens is 511 g/mol. The lowest BCUT2D eigenvalue weighted by atomic mass is 10.1. The molecule has 1 N–H and O–H groups in total. The van der Waals surface area contributed by atoms with Crippen LogP contribution in [-0.4, -0.2) is 51.4 Å². The van der Waals surface area contributed by atoms with E-state index in [1.807, 2.05) is 42.2 Å². The zero-order chi connectivity index (χ0) is 25.9. The van der Waals surface area contributed by atoms with E-state index in [4.69, 9.17) is 11.6 Å². The van der Waals surface area contributed by atoms with Gasteiger partial charge in [0.2, 0.25) is 4.90 Å². The summed E-state index contributed by atoms with van der Waals surface area (Å²) in [4.78, 5) is 22.1. The average molecular weight is 537 g/mol. The fraction of sp³-hybridized carbons (Fsp3) is 0.214. The number of anilines is 1. The van der Waals surface area contributed by atoms with Crippen LogP contribution in [0.1, 0.15) is 21.5 Å². The number of aromatic nitrogens is 1. The Hall–Kier alpha value is -3.17. The molecule has 0 bridgehead atoms. The van der Waals surface area contributed by atoms with Gasteiger partial charge >= 0.3 is 0 Å². The minimum atomic E-state index is -1.51. The molecule has 2 heterocycles. The highest BCUT2D eigenvalue weighted by molar-refractivity contribution is 7.93. The summed E-state index contributed by atoms with van der Waals surface area (Å²) in [5.41, 5.74) is 3.39. The van der Waals surface area contributed by atoms with Gasteiger partial charge in [-0.1, -0.05) is 35.9 Å². The van der Waals surface area contributed by atoms with Gasteiger partial charge in [0.1, 0.15) is 22.7 Å². The molecule has 4 aromatic rings. The monoisotopic (exact) mass is 536 g/mol. The number of amides is 1. The van der Waals surface area contributed by atoms with E-state index in [9.17, 15) is 13.7 Å². The summed E-state index contributed by atoms with van der Waals surface area (Å²) < 4.78 is 30.3. The number of benzene rings is 3. The van der Waals surface area contributed by atoms with E-state index in [2.05, 4.69) is 14.6 Å². The van der Waals surface area contributed by atoms with Crippen molar-refractivity contribution in [2.75, 3.05) is 30.9 Å². The molecular formula is C28H26ClFN4O2S. The van der Waals surface area contributed by atoms with Crippen molar-refractivity contribution in [3.8, 4) is 0 Å². The zero-order valence-corrected chi connectivity index (χ0v) is 21.9. The van der Waals surface area contributed by atoms with Crippen LogP contribution >= 0.6 is 11.6 Å². The number of fused-ring (bicyclic) bond motifs is 1. The van der Waals surface area contributed by atoms with Gasteiger partial charge in [0.05, 0.1) is 5.69 Å². The van der Waals surface area contributed by atoms with Crippen LogP contribution in [0.5, 0.6) is 0 Å². The maximum atomic E-state index is 14.1. The molecule has 0 radical (unpaired) electrons. The highest BCUT2D eigenvalue weighted by Crippen LogP contribution is 2.26. The van der Waals surface area contributed by atoms with Crippen LogP contribution in [0.3, 0.4) is 0 Å². The highest BCUT2D eigenvalue weighted by Gasteiger charge is 2.24. The minimum absolute atomic E-state index is 0.0497. The third-order valence-corrected chi connectivity index (χ3v) is 7.91. The predicted molar refractivity (Wildman–Crippen MR) is 146 cm³/mol. The number of aryl methyl sites for hydroxylation is 1. The first-order valence-corrected chi connectivity index (χ1v) is 13.5. The fourth-order valence-electron chi connectivity index (χ4n) is 4.47. The van der Waals surface area contributed by atoms with Crippen LogP contribution in [0.2, 0.25) is 5.02 Å². The van der Waals surface area contributed by atoms with Gasteiger partial charge in [-0.25, -0.2) is 9.11 Å². The molecule has 1 atom stereocenters. The zero-order valence-electron chi connectivity index (χ0n) is 20.3. The molecule has 1 saturated heterocycles. The summed E-state index contributed by atoms with van der Waals surface area (Å²) in [6, 6.07) is 19.5. The van der Waals surface area contributed by atoms with Crippen LogP contribution in [0.25, 0.3) is 10.9 Å². The normalized spacial score (nSPS) is 15.1. The second kappa shape index (κ2) is 11.1. The van der Waals surface area contributed by atoms with Crippen molar-refractivity contribution in [2.24, 2.45) is 0 Å². The Bertz CT molecular complexity index is 1440. The van der Waals surface area contributed by atoms with Crippen molar-refractivity contribution in [2.45, 2.75) is 18.4 Å². The van der Waals surface area contributed by atoms with Gasteiger partial charge in [0.25, 0.3) is 5.91 Å². The molecule has 9 heteroatoms. The molecule has 0 saturated carbocycles. The van der Waals surface area contributed by atoms with E-state index in [1.54, 1.807) is 36.5 Å². The molecule has 0 aliphatic carbocycles. The van der Waals surface area contributed by atoms with E-state index in [1.165, 1.54) is 6.07 Å². The maximum absolute atomic E-state index is 14.1. The van der Waals surface area contributed by atoms with Gasteiger partial charge in [0, 0.05) is 60.5 Å². The largest absolute Gasteiger partial charge is 0.588 e. The Morgan fingerprint density at radius 3 is 2.62 bits per heavy atom. The maximum Gasteiger partial charge on any atom is 0.253 e. The summed E-state index contributed by atoms with van der Waals surface area (Å²) in [5, 5.41) is 1.30. The third kappa shape index (κ3) is 5.72. The first-order chi connectivity index (χ1) is 17.9. The van der Waals surface area contributed by atoms with Gasteiger partial charge in [-0.3, -0.25) is 14.7 Å². The van der Waals surface area contributed by atoms with Gasteiger partial charge in [-0.05, 0) is 55.0 Å². The van der Waals surface area contributed by atoms with Gasteiger partial charge < -0.3 is 9.45 Å². The van der Waals surface area contributed by atoms with Gasteiger partial charge in [-0.2, -0.15) is 0 Å². The SMILES string of the molecule is Cc1cc(C(=O)N2CCN(Cc3ccc(Cl)cc3F)CC2)ccc1N[S+]([O-])c1cccc2cccnc12. The smallest absolute Gasteiger partial charge is 0.253 e. The third-order valence-electron chi connectivity index (χ3n) is 6.54. The van der Waals surface area contributed by atoms with E-state index in [0.717, 1.165) is 10.9 Å². The molecule has 5 rings (SSSR count). The summed E-state index contributed by atoms with van der Waals surface area (Å²) in [6.45, 7) is 4.80. The Labute approximate surface area is 223 Å². The second-order valence-corrected chi connectivity index (χ2v) is 10.7. The topological polar surface area (TPSA) is 71.5 Å². The first kappa shape index (κ1) is 25.5. The number of piperazine rings is 1. The Balaban J connectivity index is 1.21. The number of nitrogens with one attached hydrogen (secondary N) is 1. The standard InChI is InChI=1S/C28H26ClFN4O2S/c1-19-16-21(8-10-25(19)32-37(36)26-6-2-4-20-5-3-11-31-27(20)26)28(35)34-14-12-33(13-15-34)18-22-7-9-23(29)17-24(22)30/h2-11,16-17,32H,12-15,18H2,1H3. The Kier molecular flexibility index (Phi) is 7.62. The lowest BCUT2D eigenvalue weighted by Crippen LogP contribution is -2.48. The molecule has 37 heavy (non-hydrogen) atoms. The molecule has 190 valence electrons. The van der Waals surface area contributed by atoms with Crippen LogP contribution in [-0.2, 0) is 17.9 Å². The number of hydrogen-bond acceptors (Lipinski definition) is 5. The number of rotatable bonds is 6. The molecule has 0 spiro atoms. The quantitative estimate of drug-likeness (QED) is 0.333. The highest BCUT2D eigenvalue weighted by atomic mass is 35.5. The predicted octanol–water partition coefficient (Wildman–Crippen LogP) is 5.43. The van der Waals surface area contributed by atoms with E-state index in [-0.39, 0.29) is 11.7 Å². The number of pyridine rings is 1. The molecule has 1 amide bonds. The Morgan fingerprint density at radius 2 is 1.86 bits per heavy atom. The van der Waals surface area contributed by atoms with E-state index in [0.29, 0.717) is 65.0 Å². The fourth-order valence-corrected chi connectivity index (χ4v) is 5.72. The lowest BCUT2D eigenvalue weighted by Gasteiger charge is -2.35. The molecule has 1 aliphatic heterocycles. The molecule has 1 aromatic heterocycles. The number of carbonyl (C=O) groups excluding carboxylic acids is 1. The van der Waals surface area contributed by atoms with Gasteiger partial charge in [0.15, 0.2) is 0 Å². The molecule has 6 nitrogen and oxygen atoms in total. The summed E-state index contributed by atoms with van der Waals surface area (Å²) in [5.74, 6) is -0.362. The molecule has 3 aromatic carbocycles. The number of hydrogen-bond donors (Lipinski definition) is 1. The minimum Gasteiger partial charge on any atom is -0.588 e. The number of nitrogens with zero attached hydrogens (tertiary/aromatic N) is 3. The molecule has 1 aliphatic rings. The number of carbonyl (C=O) groups is 1. The molecule has 1 fully saturated rings. The number of halogens is 2.